The van der Waals surface area contributed by atoms with Gasteiger partial charge in [0, 0.05) is 24.3 Å². The molecule has 9 heteroatoms. The number of anilines is 1. The van der Waals surface area contributed by atoms with Crippen LogP contribution in [0.1, 0.15) is 25.3 Å². The van der Waals surface area contributed by atoms with Crippen molar-refractivity contribution in [1.29, 1.82) is 0 Å². The monoisotopic (exact) mass is 457 g/mol. The number of amides is 2. The Morgan fingerprint density at radius 1 is 1.16 bits per heavy atom. The maximum Gasteiger partial charge on any atom is 0.412 e. The van der Waals surface area contributed by atoms with Gasteiger partial charge in [-0.1, -0.05) is 43.0 Å². The molecule has 0 aromatic heterocycles. The van der Waals surface area contributed by atoms with Gasteiger partial charge in [-0.3, -0.25) is 9.69 Å². The third kappa shape index (κ3) is 5.35. The molecule has 0 unspecified atom stereocenters. The normalized spacial score (nSPS) is 16.2. The number of nitrogens with one attached hydrogen (secondary N) is 1. The van der Waals surface area contributed by atoms with E-state index in [1.807, 2.05) is 37.3 Å². The molecule has 0 spiro atoms. The number of rotatable bonds is 7. The number of carbonyl (C=O) groups is 2. The molecule has 1 heterocycles. The molecule has 170 valence electrons. The quantitative estimate of drug-likeness (QED) is 0.621. The predicted octanol–water partition coefficient (Wildman–Crippen LogP) is 3.22. The second kappa shape index (κ2) is 9.54. The highest BCUT2D eigenvalue weighted by Gasteiger charge is 2.36. The second-order valence-corrected chi connectivity index (χ2v) is 9.95. The van der Waals surface area contributed by atoms with E-state index in [9.17, 15) is 23.1 Å². The minimum absolute atomic E-state index is 0.0352. The van der Waals surface area contributed by atoms with Crippen LogP contribution in [0.15, 0.2) is 72.1 Å². The van der Waals surface area contributed by atoms with E-state index in [0.29, 0.717) is 12.8 Å². The van der Waals surface area contributed by atoms with Crippen molar-refractivity contribution < 1.29 is 23.1 Å². The van der Waals surface area contributed by atoms with Crippen LogP contribution in [0.2, 0.25) is 0 Å². The standard InChI is InChI=1S/C23H27N3O5S/c1-3-21(27)24-23(2)12-14-25(15-13-23)32(30,31)20-11-7-10-19(16-20)26(22(28)29)17-18-8-5-4-6-9-18/h3-11,16H,1,12-15,17H2,2H3,(H,24,27)(H,28,29). The summed E-state index contributed by atoms with van der Waals surface area (Å²) in [7, 11) is -3.82. The Labute approximate surface area is 188 Å². The summed E-state index contributed by atoms with van der Waals surface area (Å²) in [5.41, 5.74) is 0.567. The Balaban J connectivity index is 1.79. The lowest BCUT2D eigenvalue weighted by Crippen LogP contribution is -2.53. The van der Waals surface area contributed by atoms with Crippen molar-refractivity contribution in [2.45, 2.75) is 36.7 Å². The molecule has 1 saturated heterocycles. The summed E-state index contributed by atoms with van der Waals surface area (Å²) < 4.78 is 27.8. The zero-order valence-electron chi connectivity index (χ0n) is 17.9. The summed E-state index contributed by atoms with van der Waals surface area (Å²) in [6.07, 6.45) is 0.945. The molecule has 2 aromatic carbocycles. The first-order chi connectivity index (χ1) is 15.1. The van der Waals surface area contributed by atoms with Crippen molar-refractivity contribution in [3.05, 3.63) is 72.8 Å². The summed E-state index contributed by atoms with van der Waals surface area (Å²) >= 11 is 0. The van der Waals surface area contributed by atoms with Crippen molar-refractivity contribution in [3.8, 4) is 0 Å². The number of nitrogens with zero attached hydrogens (tertiary/aromatic N) is 2. The van der Waals surface area contributed by atoms with Gasteiger partial charge in [-0.05, 0) is 49.6 Å². The Morgan fingerprint density at radius 3 is 2.41 bits per heavy atom. The first kappa shape index (κ1) is 23.5. The third-order valence-corrected chi connectivity index (χ3v) is 7.51. The van der Waals surface area contributed by atoms with Crippen LogP contribution >= 0.6 is 0 Å². The lowest BCUT2D eigenvalue weighted by Gasteiger charge is -2.39. The van der Waals surface area contributed by atoms with Crippen LogP contribution in [0.4, 0.5) is 10.5 Å². The van der Waals surface area contributed by atoms with E-state index in [0.717, 1.165) is 10.5 Å². The average Bonchev–Trinajstić information content (AvgIpc) is 2.78. The van der Waals surface area contributed by atoms with Gasteiger partial charge in [-0.25, -0.2) is 13.2 Å². The maximum atomic E-state index is 13.2. The Morgan fingerprint density at radius 2 is 1.81 bits per heavy atom. The predicted molar refractivity (Wildman–Crippen MR) is 122 cm³/mol. The molecule has 0 radical (unpaired) electrons. The highest BCUT2D eigenvalue weighted by Crippen LogP contribution is 2.29. The number of hydrogen-bond acceptors (Lipinski definition) is 4. The molecular weight excluding hydrogens is 430 g/mol. The minimum Gasteiger partial charge on any atom is -0.465 e. The van der Waals surface area contributed by atoms with Gasteiger partial charge in [-0.15, -0.1) is 0 Å². The Kier molecular flexibility index (Phi) is 7.00. The van der Waals surface area contributed by atoms with Crippen LogP contribution < -0.4 is 10.2 Å². The van der Waals surface area contributed by atoms with E-state index < -0.39 is 21.7 Å². The molecule has 32 heavy (non-hydrogen) atoms. The molecule has 0 bridgehead atoms. The molecule has 0 atom stereocenters. The number of carboxylic acid groups (broad SMARTS) is 1. The molecule has 3 rings (SSSR count). The number of piperidine rings is 1. The van der Waals surface area contributed by atoms with E-state index >= 15 is 0 Å². The molecule has 1 fully saturated rings. The highest BCUT2D eigenvalue weighted by molar-refractivity contribution is 7.89. The summed E-state index contributed by atoms with van der Waals surface area (Å²) in [6, 6.07) is 15.1. The smallest absolute Gasteiger partial charge is 0.412 e. The largest absolute Gasteiger partial charge is 0.465 e. The van der Waals surface area contributed by atoms with Crippen molar-refractivity contribution in [1.82, 2.24) is 9.62 Å². The molecule has 0 saturated carbocycles. The van der Waals surface area contributed by atoms with E-state index in [4.69, 9.17) is 0 Å². The second-order valence-electron chi connectivity index (χ2n) is 8.01. The first-order valence-electron chi connectivity index (χ1n) is 10.2. The van der Waals surface area contributed by atoms with Crippen LogP contribution in [0.5, 0.6) is 0 Å². The van der Waals surface area contributed by atoms with Crippen LogP contribution in [-0.2, 0) is 21.4 Å². The summed E-state index contributed by atoms with van der Waals surface area (Å²) in [5.74, 6) is -0.288. The minimum atomic E-state index is -3.82. The molecule has 1 aliphatic heterocycles. The van der Waals surface area contributed by atoms with Gasteiger partial charge in [0.25, 0.3) is 0 Å². The van der Waals surface area contributed by atoms with Gasteiger partial charge in [-0.2, -0.15) is 4.31 Å². The van der Waals surface area contributed by atoms with Crippen molar-refractivity contribution >= 4 is 27.7 Å². The van der Waals surface area contributed by atoms with Crippen molar-refractivity contribution in [2.75, 3.05) is 18.0 Å². The fraction of sp³-hybridized carbons (Fsp3) is 0.304. The Hall–Kier alpha value is -3.17. The van der Waals surface area contributed by atoms with E-state index in [-0.39, 0.29) is 36.1 Å². The fourth-order valence-electron chi connectivity index (χ4n) is 3.69. The number of hydrogen-bond donors (Lipinski definition) is 2. The zero-order chi connectivity index (χ0) is 23.4. The molecule has 8 nitrogen and oxygen atoms in total. The molecule has 2 N–H and O–H groups in total. The van der Waals surface area contributed by atoms with Crippen LogP contribution in [0.3, 0.4) is 0 Å². The van der Waals surface area contributed by atoms with Crippen LogP contribution in [-0.4, -0.2) is 48.5 Å². The number of carbonyl (C=O) groups excluding carboxylic acids is 1. The van der Waals surface area contributed by atoms with Gasteiger partial charge in [0.2, 0.25) is 15.9 Å². The first-order valence-corrected chi connectivity index (χ1v) is 11.7. The van der Waals surface area contributed by atoms with Gasteiger partial charge >= 0.3 is 6.09 Å². The highest BCUT2D eigenvalue weighted by atomic mass is 32.2. The molecular formula is C23H27N3O5S. The summed E-state index contributed by atoms with van der Waals surface area (Å²) in [5, 5.41) is 12.6. The zero-order valence-corrected chi connectivity index (χ0v) is 18.7. The van der Waals surface area contributed by atoms with Crippen LogP contribution in [0, 0.1) is 0 Å². The lowest BCUT2D eigenvalue weighted by molar-refractivity contribution is -0.118. The van der Waals surface area contributed by atoms with Gasteiger partial charge in [0.15, 0.2) is 0 Å². The van der Waals surface area contributed by atoms with Gasteiger partial charge in [0.05, 0.1) is 11.4 Å². The van der Waals surface area contributed by atoms with Crippen molar-refractivity contribution in [3.63, 3.8) is 0 Å². The average molecular weight is 458 g/mol. The summed E-state index contributed by atoms with van der Waals surface area (Å²) in [4.78, 5) is 24.7. The molecule has 0 aliphatic carbocycles. The van der Waals surface area contributed by atoms with Gasteiger partial charge in [0.1, 0.15) is 0 Å². The SMILES string of the molecule is C=CC(=O)NC1(C)CCN(S(=O)(=O)c2cccc(N(Cc3ccccc3)C(=O)O)c2)CC1. The van der Waals surface area contributed by atoms with E-state index in [1.165, 1.54) is 22.5 Å². The molecule has 1 aliphatic rings. The topological polar surface area (TPSA) is 107 Å². The Bertz CT molecular complexity index is 1090. The molecule has 2 amide bonds. The van der Waals surface area contributed by atoms with Gasteiger partial charge < -0.3 is 10.4 Å². The van der Waals surface area contributed by atoms with E-state index in [2.05, 4.69) is 11.9 Å². The summed E-state index contributed by atoms with van der Waals surface area (Å²) in [6.45, 7) is 5.92. The fourth-order valence-corrected chi connectivity index (χ4v) is 5.17. The molecule has 2 aromatic rings. The van der Waals surface area contributed by atoms with E-state index in [1.54, 1.807) is 12.1 Å². The third-order valence-electron chi connectivity index (χ3n) is 5.62. The number of sulfonamides is 1. The number of benzene rings is 2. The lowest BCUT2D eigenvalue weighted by atomic mass is 9.90. The van der Waals surface area contributed by atoms with Crippen LogP contribution in [0.25, 0.3) is 0 Å². The van der Waals surface area contributed by atoms with Crippen molar-refractivity contribution in [2.24, 2.45) is 0 Å². The maximum absolute atomic E-state index is 13.2.